The van der Waals surface area contributed by atoms with Crippen molar-refractivity contribution in [1.82, 2.24) is 15.1 Å². The van der Waals surface area contributed by atoms with E-state index < -0.39 is 0 Å². The van der Waals surface area contributed by atoms with Gasteiger partial charge in [0.15, 0.2) is 0 Å². The zero-order valence-electron chi connectivity index (χ0n) is 11.3. The summed E-state index contributed by atoms with van der Waals surface area (Å²) in [4.78, 5) is 3.07. The first-order valence-electron chi connectivity index (χ1n) is 6.60. The first kappa shape index (κ1) is 13.2. The molecule has 0 fully saturated rings. The van der Waals surface area contributed by atoms with Gasteiger partial charge in [0.25, 0.3) is 0 Å². The molecule has 2 aromatic rings. The summed E-state index contributed by atoms with van der Waals surface area (Å²) >= 11 is 4.04. The van der Waals surface area contributed by atoms with Crippen molar-refractivity contribution in [3.8, 4) is 0 Å². The van der Waals surface area contributed by atoms with E-state index in [1.54, 1.807) is 10.4 Å². The second-order valence-corrected chi connectivity index (χ2v) is 7.24. The highest BCUT2D eigenvalue weighted by atomic mass is 32.2. The highest BCUT2D eigenvalue weighted by Gasteiger charge is 2.19. The van der Waals surface area contributed by atoms with E-state index in [-0.39, 0.29) is 0 Å². The van der Waals surface area contributed by atoms with Crippen molar-refractivity contribution in [3.05, 3.63) is 39.3 Å². The second kappa shape index (κ2) is 5.69. The van der Waals surface area contributed by atoms with Crippen LogP contribution in [0, 0.1) is 0 Å². The molecule has 3 nitrogen and oxygen atoms in total. The van der Waals surface area contributed by atoms with Gasteiger partial charge in [0.05, 0.1) is 6.20 Å². The van der Waals surface area contributed by atoms with Crippen molar-refractivity contribution >= 4 is 23.1 Å². The molecule has 0 bridgehead atoms. The number of aryl methyl sites for hydroxylation is 2. The van der Waals surface area contributed by atoms with E-state index in [0.717, 1.165) is 6.42 Å². The van der Waals surface area contributed by atoms with Crippen molar-refractivity contribution < 1.29 is 0 Å². The third kappa shape index (κ3) is 2.88. The Kier molecular flexibility index (Phi) is 3.96. The number of thiophene rings is 1. The Morgan fingerprint density at radius 1 is 1.53 bits per heavy atom. The molecule has 3 heterocycles. The van der Waals surface area contributed by atoms with Crippen molar-refractivity contribution in [2.45, 2.75) is 24.6 Å². The van der Waals surface area contributed by atoms with E-state index in [4.69, 9.17) is 0 Å². The van der Waals surface area contributed by atoms with Crippen LogP contribution in [0.4, 0.5) is 0 Å². The smallest absolute Gasteiger partial charge is 0.0522 e. The van der Waals surface area contributed by atoms with Gasteiger partial charge >= 0.3 is 0 Å². The summed E-state index contributed by atoms with van der Waals surface area (Å²) in [5, 5.41) is 7.70. The molecule has 0 amide bonds. The molecule has 0 aromatic carbocycles. The largest absolute Gasteiger partial charge is 0.312 e. The lowest BCUT2D eigenvalue weighted by molar-refractivity contribution is 0.601. The monoisotopic (exact) mass is 293 g/mol. The molecule has 0 spiro atoms. The fourth-order valence-corrected chi connectivity index (χ4v) is 4.99. The van der Waals surface area contributed by atoms with Crippen LogP contribution in [0.3, 0.4) is 0 Å². The quantitative estimate of drug-likeness (QED) is 0.940. The van der Waals surface area contributed by atoms with Crippen LogP contribution in [0.2, 0.25) is 0 Å². The maximum absolute atomic E-state index is 4.25. The molecule has 0 saturated heterocycles. The van der Waals surface area contributed by atoms with Crippen molar-refractivity contribution in [1.29, 1.82) is 0 Å². The van der Waals surface area contributed by atoms with Crippen LogP contribution in [0.15, 0.2) is 18.5 Å². The number of nitrogens with zero attached hydrogens (tertiary/aromatic N) is 2. The van der Waals surface area contributed by atoms with Crippen LogP contribution in [0.5, 0.6) is 0 Å². The van der Waals surface area contributed by atoms with Crippen molar-refractivity contribution in [3.63, 3.8) is 0 Å². The molecule has 2 aromatic heterocycles. The lowest BCUT2D eigenvalue weighted by Gasteiger charge is -2.13. The van der Waals surface area contributed by atoms with Crippen molar-refractivity contribution in [2.75, 3.05) is 12.8 Å². The highest BCUT2D eigenvalue weighted by molar-refractivity contribution is 7.98. The molecule has 0 radical (unpaired) electrons. The van der Waals surface area contributed by atoms with Gasteiger partial charge in [-0.05, 0) is 42.8 Å². The van der Waals surface area contributed by atoms with Gasteiger partial charge < -0.3 is 5.32 Å². The number of nitrogens with one attached hydrogen (secondary N) is 1. The van der Waals surface area contributed by atoms with Gasteiger partial charge in [-0.3, -0.25) is 4.68 Å². The van der Waals surface area contributed by atoms with Crippen LogP contribution in [0.1, 0.15) is 26.9 Å². The van der Waals surface area contributed by atoms with Gasteiger partial charge in [-0.15, -0.1) is 11.3 Å². The van der Waals surface area contributed by atoms with Gasteiger partial charge in [0, 0.05) is 34.8 Å². The molecule has 1 aliphatic rings. The number of hydrogen-bond donors (Lipinski definition) is 1. The van der Waals surface area contributed by atoms with Crippen LogP contribution in [0.25, 0.3) is 0 Å². The molecule has 1 N–H and O–H groups in total. The number of likely N-dealkylation sites (N-methyl/N-ethyl adjacent to an activating group) is 1. The van der Waals surface area contributed by atoms with Gasteiger partial charge in [-0.25, -0.2) is 0 Å². The summed E-state index contributed by atoms with van der Waals surface area (Å²) in [6, 6.07) is 2.81. The van der Waals surface area contributed by atoms with Crippen LogP contribution in [-0.4, -0.2) is 22.6 Å². The van der Waals surface area contributed by atoms with Crippen LogP contribution < -0.4 is 5.32 Å². The molecule has 1 unspecified atom stereocenters. The first-order valence-corrected chi connectivity index (χ1v) is 8.57. The third-order valence-corrected chi connectivity index (χ3v) is 5.90. The number of rotatable bonds is 4. The second-order valence-electron chi connectivity index (χ2n) is 4.97. The van der Waals surface area contributed by atoms with Gasteiger partial charge in [-0.1, -0.05) is 0 Å². The van der Waals surface area contributed by atoms with E-state index in [2.05, 4.69) is 41.5 Å². The number of thioether (sulfide) groups is 1. The minimum Gasteiger partial charge on any atom is -0.312 e. The normalized spacial score (nSPS) is 16.3. The fourth-order valence-electron chi connectivity index (χ4n) is 2.50. The third-order valence-electron chi connectivity index (χ3n) is 3.54. The summed E-state index contributed by atoms with van der Waals surface area (Å²) in [7, 11) is 4.02. The van der Waals surface area contributed by atoms with Crippen LogP contribution >= 0.6 is 23.1 Å². The predicted octanol–water partition coefficient (Wildman–Crippen LogP) is 2.77. The Morgan fingerprint density at radius 2 is 2.42 bits per heavy atom. The lowest BCUT2D eigenvalue weighted by Crippen LogP contribution is -2.17. The van der Waals surface area contributed by atoms with E-state index in [1.165, 1.54) is 28.4 Å². The number of aromatic nitrogens is 2. The zero-order chi connectivity index (χ0) is 13.2. The molecule has 3 rings (SSSR count). The van der Waals surface area contributed by atoms with E-state index >= 15 is 0 Å². The minimum absolute atomic E-state index is 0.407. The highest BCUT2D eigenvalue weighted by Crippen LogP contribution is 2.35. The van der Waals surface area contributed by atoms with Gasteiger partial charge in [0.1, 0.15) is 0 Å². The molecular formula is C14H19N3S2. The molecule has 0 saturated carbocycles. The van der Waals surface area contributed by atoms with Crippen LogP contribution in [-0.2, 0) is 25.6 Å². The Balaban J connectivity index is 1.79. The number of fused-ring (bicyclic) bond motifs is 1. The summed E-state index contributed by atoms with van der Waals surface area (Å²) in [6.45, 7) is 0. The molecule has 5 heteroatoms. The number of hydrogen-bond acceptors (Lipinski definition) is 4. The molecule has 102 valence electrons. The summed E-state index contributed by atoms with van der Waals surface area (Å²) in [5.74, 6) is 2.47. The van der Waals surface area contributed by atoms with E-state index in [0.29, 0.717) is 6.04 Å². The SMILES string of the molecule is CNC(Cc1cnn(C)c1)c1cc2c(s1)CCSC2. The lowest BCUT2D eigenvalue weighted by atomic mass is 10.1. The van der Waals surface area contributed by atoms with E-state index in [1.807, 2.05) is 29.3 Å². The Hall–Kier alpha value is -0.780. The Bertz CT molecular complexity index is 535. The van der Waals surface area contributed by atoms with Crippen molar-refractivity contribution in [2.24, 2.45) is 7.05 Å². The average molecular weight is 293 g/mol. The first-order chi connectivity index (χ1) is 9.26. The molecule has 1 aliphatic heterocycles. The molecular weight excluding hydrogens is 274 g/mol. The summed E-state index contributed by atoms with van der Waals surface area (Å²) in [5.41, 5.74) is 2.85. The maximum atomic E-state index is 4.25. The van der Waals surface area contributed by atoms with Gasteiger partial charge in [-0.2, -0.15) is 16.9 Å². The minimum atomic E-state index is 0.407. The predicted molar refractivity (Wildman–Crippen MR) is 82.9 cm³/mol. The summed E-state index contributed by atoms with van der Waals surface area (Å²) < 4.78 is 1.87. The zero-order valence-corrected chi connectivity index (χ0v) is 13.0. The topological polar surface area (TPSA) is 29.9 Å². The Morgan fingerprint density at radius 3 is 3.11 bits per heavy atom. The summed E-state index contributed by atoms with van der Waals surface area (Å²) in [6.07, 6.45) is 6.33. The standard InChI is InChI=1S/C14H19N3S2/c1-15-12(5-10-7-16-17(2)8-10)14-6-11-9-18-4-3-13(11)19-14/h6-8,12,15H,3-5,9H2,1-2H3. The molecule has 1 atom stereocenters. The Labute approximate surface area is 122 Å². The fraction of sp³-hybridized carbons (Fsp3) is 0.500. The maximum Gasteiger partial charge on any atom is 0.0522 e. The molecule has 19 heavy (non-hydrogen) atoms. The average Bonchev–Trinajstić information content (AvgIpc) is 3.01. The van der Waals surface area contributed by atoms with Gasteiger partial charge in [0.2, 0.25) is 0 Å². The molecule has 0 aliphatic carbocycles. The van der Waals surface area contributed by atoms with E-state index in [9.17, 15) is 0 Å².